The first-order valence-electron chi connectivity index (χ1n) is 18.2. The number of benzene rings is 7. The molecule has 0 atom stereocenters. The van der Waals surface area contributed by atoms with Gasteiger partial charge in [-0.3, -0.25) is 0 Å². The van der Waals surface area contributed by atoms with Crippen molar-refractivity contribution in [2.75, 3.05) is 0 Å². The summed E-state index contributed by atoms with van der Waals surface area (Å²) < 4.78 is 4.35. The van der Waals surface area contributed by atoms with Crippen LogP contribution in [-0.2, 0) is 0 Å². The molecule has 9 heteroatoms. The quantitative estimate of drug-likeness (QED) is 0.168. The van der Waals surface area contributed by atoms with E-state index in [9.17, 15) is 15.8 Å². The lowest BCUT2D eigenvalue weighted by molar-refractivity contribution is 1.12. The summed E-state index contributed by atoms with van der Waals surface area (Å²) in [6.45, 7) is 0. The Balaban J connectivity index is 1.30. The second kappa shape index (κ2) is 13.4. The van der Waals surface area contributed by atoms with Gasteiger partial charge >= 0.3 is 0 Å². The van der Waals surface area contributed by atoms with Gasteiger partial charge in [0.15, 0.2) is 36.1 Å². The van der Waals surface area contributed by atoms with Crippen LogP contribution in [0.15, 0.2) is 164 Å². The summed E-state index contributed by atoms with van der Waals surface area (Å²) in [6.07, 6.45) is 7.08. The summed E-state index contributed by atoms with van der Waals surface area (Å²) in [7, 11) is 0. The summed E-state index contributed by atoms with van der Waals surface area (Å²) in [5.41, 5.74) is 10.2. The third kappa shape index (κ3) is 5.33. The fourth-order valence-electron chi connectivity index (χ4n) is 7.69. The highest BCUT2D eigenvalue weighted by atomic mass is 15.2. The predicted octanol–water partition coefficient (Wildman–Crippen LogP) is 10.7. The van der Waals surface area contributed by atoms with Gasteiger partial charge in [0.1, 0.15) is 33.1 Å². The molecule has 0 aliphatic heterocycles. The van der Waals surface area contributed by atoms with Crippen molar-refractivity contribution in [3.63, 3.8) is 0 Å². The minimum Gasteiger partial charge on any atom is -0.225 e. The summed E-state index contributed by atoms with van der Waals surface area (Å²) in [4.78, 5) is 15.4. The van der Waals surface area contributed by atoms with E-state index in [2.05, 4.69) is 18.6 Å². The summed E-state index contributed by atoms with van der Waals surface area (Å²) in [6, 6.07) is 53.5. The fourth-order valence-corrected chi connectivity index (χ4v) is 7.69. The molecule has 0 spiro atoms. The summed E-state index contributed by atoms with van der Waals surface area (Å²) in [5.74, 6) is 1.12. The molecule has 3 aromatic heterocycles. The van der Waals surface area contributed by atoms with Crippen LogP contribution in [-0.4, -0.2) is 28.7 Å². The van der Waals surface area contributed by atoms with Crippen LogP contribution in [0.5, 0.6) is 0 Å². The molecule has 0 aliphatic rings. The lowest BCUT2D eigenvalue weighted by Gasteiger charge is -2.05. The molecule has 9 nitrogen and oxygen atoms in total. The Kier molecular flexibility index (Phi) is 7.75. The Morgan fingerprint density at radius 1 is 0.298 bits per heavy atom. The molecule has 0 fully saturated rings. The first-order valence-corrected chi connectivity index (χ1v) is 18.2. The highest BCUT2D eigenvalue weighted by molar-refractivity contribution is 6.21. The van der Waals surface area contributed by atoms with Crippen molar-refractivity contribution >= 4 is 33.1 Å². The van der Waals surface area contributed by atoms with Crippen molar-refractivity contribution in [2.45, 2.75) is 0 Å². The molecule has 3 heterocycles. The zero-order valence-corrected chi connectivity index (χ0v) is 30.1. The summed E-state index contributed by atoms with van der Waals surface area (Å²) >= 11 is 0. The Morgan fingerprint density at radius 2 is 0.544 bits per heavy atom. The molecule has 0 N–H and O–H groups in total. The molecule has 0 bridgehead atoms. The van der Waals surface area contributed by atoms with Gasteiger partial charge in [-0.2, -0.15) is 15.8 Å². The monoisotopic (exact) mass is 729 g/mol. The maximum Gasteiger partial charge on any atom is 0.190 e. The van der Waals surface area contributed by atoms with Gasteiger partial charge in [-0.25, -0.2) is 28.7 Å². The molecule has 0 saturated carbocycles. The fraction of sp³-hybridized carbons (Fsp3) is 0. The van der Waals surface area contributed by atoms with Crippen LogP contribution in [0.1, 0.15) is 0 Å². The van der Waals surface area contributed by atoms with Crippen molar-refractivity contribution < 1.29 is 0 Å². The van der Waals surface area contributed by atoms with E-state index in [1.165, 1.54) is 13.7 Å². The van der Waals surface area contributed by atoms with Gasteiger partial charge in [0.2, 0.25) is 0 Å². The zero-order chi connectivity index (χ0) is 38.5. The number of hydrogen-bond donors (Lipinski definition) is 0. The second-order valence-electron chi connectivity index (χ2n) is 13.5. The molecule has 57 heavy (non-hydrogen) atoms. The maximum absolute atomic E-state index is 10.9. The van der Waals surface area contributed by atoms with Crippen LogP contribution in [0.25, 0.3) is 101 Å². The molecule has 0 unspecified atom stereocenters. The first-order chi connectivity index (χ1) is 28.1. The molecule has 0 aliphatic carbocycles. The SMILES string of the molecule is N#Cn1c(-c2cccc(-c3ccccc3)c2)nc2c1c1nc(-c3cccc(-c4ccccc4)c3)n(C#N)c1c1nc(-c3cccc(-c4ccccc4)c3)n(C#N)c21. The van der Waals surface area contributed by atoms with E-state index in [0.29, 0.717) is 67.3 Å². The largest absolute Gasteiger partial charge is 0.225 e. The number of aromatic nitrogens is 6. The van der Waals surface area contributed by atoms with Gasteiger partial charge in [0.05, 0.1) is 0 Å². The Hall–Kier alpha value is -8.58. The van der Waals surface area contributed by atoms with Crippen molar-refractivity contribution in [3.05, 3.63) is 164 Å². The minimum absolute atomic E-state index is 0.367. The third-order valence-corrected chi connectivity index (χ3v) is 10.3. The van der Waals surface area contributed by atoms with Crippen molar-refractivity contribution in [2.24, 2.45) is 0 Å². The number of nitriles is 3. The van der Waals surface area contributed by atoms with Gasteiger partial charge in [0.25, 0.3) is 0 Å². The first kappa shape index (κ1) is 33.0. The predicted molar refractivity (Wildman–Crippen MR) is 222 cm³/mol. The molecule has 10 rings (SSSR count). The van der Waals surface area contributed by atoms with Gasteiger partial charge in [-0.05, 0) is 51.6 Å². The number of nitrogens with zero attached hydrogens (tertiary/aromatic N) is 9. The molecule has 0 amide bonds. The lowest BCUT2D eigenvalue weighted by Crippen LogP contribution is -1.95. The second-order valence-corrected chi connectivity index (χ2v) is 13.5. The van der Waals surface area contributed by atoms with E-state index in [0.717, 1.165) is 33.4 Å². The van der Waals surface area contributed by atoms with E-state index in [-0.39, 0.29) is 0 Å². The Bertz CT molecular complexity index is 2930. The standard InChI is InChI=1S/C48H27N9/c49-28-55-43-40(52-46(55)37-22-10-19-34(25-37)31-13-4-1-5-14-31)44-42(54-48(56(44)29-50)39-24-12-21-36(27-39)33-17-8-3-9-18-33)45-41(43)53-47(57(45)30-51)38-23-11-20-35(26-38)32-15-6-2-7-16-32/h1-27H. The summed E-state index contributed by atoms with van der Waals surface area (Å²) in [5, 5.41) is 32.8. The molecule has 0 saturated heterocycles. The van der Waals surface area contributed by atoms with Gasteiger partial charge in [0, 0.05) is 16.7 Å². The van der Waals surface area contributed by atoms with Gasteiger partial charge in [-0.15, -0.1) is 0 Å². The topological polar surface area (TPSA) is 125 Å². The number of rotatable bonds is 6. The maximum atomic E-state index is 10.9. The molecular weight excluding hydrogens is 703 g/mol. The zero-order valence-electron chi connectivity index (χ0n) is 30.1. The van der Waals surface area contributed by atoms with Crippen molar-refractivity contribution in [1.82, 2.24) is 28.7 Å². The normalized spacial score (nSPS) is 11.1. The van der Waals surface area contributed by atoms with Crippen LogP contribution < -0.4 is 0 Å². The number of imidazole rings is 3. The average molecular weight is 730 g/mol. The van der Waals surface area contributed by atoms with E-state index in [4.69, 9.17) is 15.0 Å². The molecule has 264 valence electrons. The molecule has 0 radical (unpaired) electrons. The van der Waals surface area contributed by atoms with Crippen LogP contribution >= 0.6 is 0 Å². The number of hydrogen-bond acceptors (Lipinski definition) is 6. The van der Waals surface area contributed by atoms with Crippen LogP contribution in [0, 0.1) is 34.4 Å². The van der Waals surface area contributed by atoms with E-state index >= 15 is 0 Å². The number of fused-ring (bicyclic) bond motifs is 6. The average Bonchev–Trinajstić information content (AvgIpc) is 3.99. The van der Waals surface area contributed by atoms with Crippen LogP contribution in [0.2, 0.25) is 0 Å². The molecule has 7 aromatic carbocycles. The van der Waals surface area contributed by atoms with Gasteiger partial charge < -0.3 is 0 Å². The minimum atomic E-state index is 0.367. The van der Waals surface area contributed by atoms with E-state index < -0.39 is 0 Å². The van der Waals surface area contributed by atoms with Crippen LogP contribution in [0.4, 0.5) is 0 Å². The van der Waals surface area contributed by atoms with E-state index in [1.54, 1.807) is 0 Å². The molecule has 10 aromatic rings. The third-order valence-electron chi connectivity index (χ3n) is 10.3. The van der Waals surface area contributed by atoms with E-state index in [1.807, 2.05) is 164 Å². The Morgan fingerprint density at radius 3 is 0.807 bits per heavy atom. The highest BCUT2D eigenvalue weighted by Gasteiger charge is 2.29. The Labute approximate surface area is 326 Å². The van der Waals surface area contributed by atoms with Crippen molar-refractivity contribution in [1.29, 1.82) is 15.8 Å². The van der Waals surface area contributed by atoms with Crippen molar-refractivity contribution in [3.8, 4) is 86.1 Å². The van der Waals surface area contributed by atoms with Gasteiger partial charge in [-0.1, -0.05) is 146 Å². The smallest absolute Gasteiger partial charge is 0.190 e. The van der Waals surface area contributed by atoms with Crippen LogP contribution in [0.3, 0.4) is 0 Å². The lowest BCUT2D eigenvalue weighted by atomic mass is 10.0. The highest BCUT2D eigenvalue weighted by Crippen LogP contribution is 2.41. The molecular formula is C48H27N9.